The molecule has 0 saturated carbocycles. The summed E-state index contributed by atoms with van der Waals surface area (Å²) in [4.78, 5) is 19.0. The third kappa shape index (κ3) is 3.69. The largest absolute Gasteiger partial charge is 0.338 e. The Morgan fingerprint density at radius 1 is 1.31 bits per heavy atom. The molecule has 2 aromatic heterocycles. The van der Waals surface area contributed by atoms with Gasteiger partial charge in [-0.3, -0.25) is 14.8 Å². The van der Waals surface area contributed by atoms with E-state index in [1.165, 1.54) is 11.3 Å². The Hall–Kier alpha value is -1.73. The number of hydrogen-bond donors (Lipinski definition) is 1. The summed E-state index contributed by atoms with van der Waals surface area (Å²) in [5.41, 5.74) is 2.15. The fourth-order valence-electron chi connectivity index (χ4n) is 3.95. The molecule has 0 aliphatic carbocycles. The lowest BCUT2D eigenvalue weighted by Gasteiger charge is -2.28. The number of halogens is 1. The molecule has 1 unspecified atom stereocenters. The van der Waals surface area contributed by atoms with Crippen molar-refractivity contribution in [3.63, 3.8) is 0 Å². The Bertz CT molecular complexity index is 765. The molecule has 2 aromatic rings. The fourth-order valence-corrected chi connectivity index (χ4v) is 5.10. The number of H-pyrrole nitrogens is 1. The standard InChI is InChI=1S/C19H25FN4OS/c1-13-11-15(22-21-13)12-24-8-2-3-16(24)17-4-5-18(26-17)19(25)23-9-6-14(20)7-10-23/h4-5,11,14,16H,2-3,6-10,12H2,1H3,(H,21,22). The Morgan fingerprint density at radius 3 is 2.85 bits per heavy atom. The van der Waals surface area contributed by atoms with E-state index >= 15 is 0 Å². The van der Waals surface area contributed by atoms with Crippen LogP contribution in [0, 0.1) is 6.92 Å². The van der Waals surface area contributed by atoms with E-state index in [2.05, 4.69) is 27.2 Å². The lowest BCUT2D eigenvalue weighted by molar-refractivity contribution is 0.0672. The van der Waals surface area contributed by atoms with Gasteiger partial charge in [0.05, 0.1) is 10.6 Å². The normalized spacial score (nSPS) is 22.2. The first-order valence-corrected chi connectivity index (χ1v) is 10.2. The summed E-state index contributed by atoms with van der Waals surface area (Å²) < 4.78 is 13.3. The Balaban J connectivity index is 1.44. The molecule has 1 amide bonds. The van der Waals surface area contributed by atoms with Gasteiger partial charge in [0.25, 0.3) is 5.91 Å². The summed E-state index contributed by atoms with van der Waals surface area (Å²) in [6.07, 6.45) is 2.45. The maximum absolute atomic E-state index is 13.3. The zero-order valence-electron chi connectivity index (χ0n) is 15.1. The van der Waals surface area contributed by atoms with Crippen LogP contribution in [0.2, 0.25) is 0 Å². The highest BCUT2D eigenvalue weighted by atomic mass is 32.1. The summed E-state index contributed by atoms with van der Waals surface area (Å²) in [7, 11) is 0. The molecule has 2 aliphatic rings. The smallest absolute Gasteiger partial charge is 0.263 e. The van der Waals surface area contributed by atoms with Crippen LogP contribution >= 0.6 is 11.3 Å². The quantitative estimate of drug-likeness (QED) is 0.885. The number of thiophene rings is 1. The molecule has 2 aliphatic heterocycles. The van der Waals surface area contributed by atoms with Crippen LogP contribution in [-0.4, -0.2) is 51.7 Å². The number of alkyl halides is 1. The number of rotatable bonds is 4. The van der Waals surface area contributed by atoms with Gasteiger partial charge < -0.3 is 4.90 Å². The van der Waals surface area contributed by atoms with Crippen LogP contribution in [-0.2, 0) is 6.54 Å². The van der Waals surface area contributed by atoms with Gasteiger partial charge in [0.2, 0.25) is 0 Å². The third-order valence-electron chi connectivity index (χ3n) is 5.37. The second-order valence-corrected chi connectivity index (χ2v) is 8.45. The number of carbonyl (C=O) groups is 1. The molecule has 140 valence electrons. The van der Waals surface area contributed by atoms with Crippen LogP contribution in [0.25, 0.3) is 0 Å². The van der Waals surface area contributed by atoms with E-state index in [0.29, 0.717) is 32.0 Å². The molecular formula is C19H25FN4OS. The van der Waals surface area contributed by atoms with E-state index in [1.54, 1.807) is 16.2 Å². The lowest BCUT2D eigenvalue weighted by Crippen LogP contribution is -2.38. The highest BCUT2D eigenvalue weighted by Crippen LogP contribution is 2.37. The van der Waals surface area contributed by atoms with Crippen molar-refractivity contribution in [2.24, 2.45) is 0 Å². The summed E-state index contributed by atoms with van der Waals surface area (Å²) in [5.74, 6) is 0.0561. The Morgan fingerprint density at radius 2 is 2.12 bits per heavy atom. The van der Waals surface area contributed by atoms with Crippen LogP contribution in [0.1, 0.15) is 57.7 Å². The van der Waals surface area contributed by atoms with Crippen molar-refractivity contribution < 1.29 is 9.18 Å². The number of aromatic amines is 1. The number of nitrogens with one attached hydrogen (secondary N) is 1. The maximum atomic E-state index is 13.3. The van der Waals surface area contributed by atoms with Crippen molar-refractivity contribution >= 4 is 17.2 Å². The van der Waals surface area contributed by atoms with Gasteiger partial charge in [-0.25, -0.2) is 4.39 Å². The van der Waals surface area contributed by atoms with Crippen LogP contribution in [0.5, 0.6) is 0 Å². The highest BCUT2D eigenvalue weighted by Gasteiger charge is 2.29. The molecule has 0 bridgehead atoms. The van der Waals surface area contributed by atoms with E-state index in [4.69, 9.17) is 0 Å². The van der Waals surface area contributed by atoms with Crippen molar-refractivity contribution in [1.82, 2.24) is 20.0 Å². The minimum Gasteiger partial charge on any atom is -0.338 e. The molecule has 0 aromatic carbocycles. The van der Waals surface area contributed by atoms with Crippen LogP contribution in [0.15, 0.2) is 18.2 Å². The first kappa shape index (κ1) is 17.7. The average Bonchev–Trinajstić information content (AvgIpc) is 3.36. The topological polar surface area (TPSA) is 52.2 Å². The van der Waals surface area contributed by atoms with Crippen molar-refractivity contribution in [3.05, 3.63) is 39.3 Å². The monoisotopic (exact) mass is 376 g/mol. The predicted octanol–water partition coefficient (Wildman–Crippen LogP) is 3.69. The van der Waals surface area contributed by atoms with Crippen LogP contribution in [0.4, 0.5) is 4.39 Å². The SMILES string of the molecule is Cc1cc(CN2CCCC2c2ccc(C(=O)N3CCC(F)CC3)s2)n[nH]1. The second-order valence-electron chi connectivity index (χ2n) is 7.34. The molecule has 4 rings (SSSR count). The zero-order chi connectivity index (χ0) is 18.1. The molecule has 2 saturated heterocycles. The number of likely N-dealkylation sites (tertiary alicyclic amines) is 2. The fraction of sp³-hybridized carbons (Fsp3) is 0.579. The van der Waals surface area contributed by atoms with E-state index < -0.39 is 6.17 Å². The van der Waals surface area contributed by atoms with Gasteiger partial charge in [0, 0.05) is 36.2 Å². The molecule has 26 heavy (non-hydrogen) atoms. The second kappa shape index (κ2) is 7.48. The minimum absolute atomic E-state index is 0.0561. The predicted molar refractivity (Wildman–Crippen MR) is 100 cm³/mol. The first-order valence-electron chi connectivity index (χ1n) is 9.38. The maximum Gasteiger partial charge on any atom is 0.263 e. The van der Waals surface area contributed by atoms with Crippen molar-refractivity contribution in [2.45, 2.75) is 51.4 Å². The van der Waals surface area contributed by atoms with E-state index in [9.17, 15) is 9.18 Å². The van der Waals surface area contributed by atoms with Gasteiger partial charge in [0.1, 0.15) is 6.17 Å². The average molecular weight is 377 g/mol. The van der Waals surface area contributed by atoms with Gasteiger partial charge in [0.15, 0.2) is 0 Å². The van der Waals surface area contributed by atoms with Gasteiger partial charge in [-0.1, -0.05) is 0 Å². The lowest BCUT2D eigenvalue weighted by atomic mass is 10.1. The van der Waals surface area contributed by atoms with E-state index in [-0.39, 0.29) is 5.91 Å². The number of carbonyl (C=O) groups excluding carboxylic acids is 1. The molecule has 7 heteroatoms. The van der Waals surface area contributed by atoms with E-state index in [1.807, 2.05) is 13.0 Å². The molecule has 0 spiro atoms. The molecule has 2 fully saturated rings. The van der Waals surface area contributed by atoms with Crippen molar-refractivity contribution in [1.29, 1.82) is 0 Å². The van der Waals surface area contributed by atoms with Gasteiger partial charge in [-0.15, -0.1) is 11.3 Å². The van der Waals surface area contributed by atoms with Crippen LogP contribution < -0.4 is 0 Å². The summed E-state index contributed by atoms with van der Waals surface area (Å²) >= 11 is 1.60. The number of aryl methyl sites for hydroxylation is 1. The highest BCUT2D eigenvalue weighted by molar-refractivity contribution is 7.14. The molecule has 1 atom stereocenters. The number of piperidine rings is 1. The minimum atomic E-state index is -0.754. The number of amides is 1. The Labute approximate surface area is 157 Å². The van der Waals surface area contributed by atoms with Gasteiger partial charge >= 0.3 is 0 Å². The van der Waals surface area contributed by atoms with Crippen molar-refractivity contribution in [2.75, 3.05) is 19.6 Å². The van der Waals surface area contributed by atoms with Gasteiger partial charge in [-0.2, -0.15) is 5.10 Å². The molecular weight excluding hydrogens is 351 g/mol. The molecule has 0 radical (unpaired) electrons. The van der Waals surface area contributed by atoms with Crippen LogP contribution in [0.3, 0.4) is 0 Å². The number of hydrogen-bond acceptors (Lipinski definition) is 4. The van der Waals surface area contributed by atoms with Crippen molar-refractivity contribution in [3.8, 4) is 0 Å². The number of aromatic nitrogens is 2. The summed E-state index contributed by atoms with van der Waals surface area (Å²) in [6.45, 7) is 4.96. The van der Waals surface area contributed by atoms with Gasteiger partial charge in [-0.05, 0) is 57.4 Å². The number of nitrogens with zero attached hydrogens (tertiary/aromatic N) is 3. The third-order valence-corrected chi connectivity index (χ3v) is 6.54. The summed E-state index contributed by atoms with van der Waals surface area (Å²) in [5, 5.41) is 7.36. The zero-order valence-corrected chi connectivity index (χ0v) is 15.9. The molecule has 1 N–H and O–H groups in total. The molecule has 4 heterocycles. The first-order chi connectivity index (χ1) is 12.6. The Kier molecular flexibility index (Phi) is 5.09. The molecule has 5 nitrogen and oxygen atoms in total. The van der Waals surface area contributed by atoms with E-state index in [0.717, 1.165) is 35.8 Å². The summed E-state index contributed by atoms with van der Waals surface area (Å²) in [6, 6.07) is 6.49.